The number of nitrogens with one attached hydrogen (secondary N) is 2. The van der Waals surface area contributed by atoms with Crippen molar-refractivity contribution in [1.29, 1.82) is 0 Å². The van der Waals surface area contributed by atoms with Gasteiger partial charge in [-0.15, -0.1) is 0 Å². The second-order valence-electron chi connectivity index (χ2n) is 3.42. The minimum Gasteiger partial charge on any atom is -0.367 e. The van der Waals surface area contributed by atoms with E-state index in [2.05, 4.69) is 34.4 Å². The van der Waals surface area contributed by atoms with E-state index in [9.17, 15) is 0 Å². The van der Waals surface area contributed by atoms with Crippen molar-refractivity contribution in [1.82, 2.24) is 9.97 Å². The SMILES string of the molecule is CCC(C)Nc1cc(C)nc(NC)n1. The largest absolute Gasteiger partial charge is 0.367 e. The van der Waals surface area contributed by atoms with E-state index in [4.69, 9.17) is 0 Å². The van der Waals surface area contributed by atoms with Gasteiger partial charge in [-0.1, -0.05) is 6.92 Å². The lowest BCUT2D eigenvalue weighted by atomic mass is 10.2. The normalized spacial score (nSPS) is 12.3. The Morgan fingerprint density at radius 1 is 1.43 bits per heavy atom. The van der Waals surface area contributed by atoms with E-state index < -0.39 is 0 Å². The molecule has 0 aliphatic rings. The molecule has 0 spiro atoms. The van der Waals surface area contributed by atoms with Gasteiger partial charge in [-0.3, -0.25) is 0 Å². The van der Waals surface area contributed by atoms with Crippen LogP contribution in [0.4, 0.5) is 11.8 Å². The third kappa shape index (κ3) is 2.87. The van der Waals surface area contributed by atoms with Crippen LogP contribution >= 0.6 is 0 Å². The molecule has 0 fully saturated rings. The van der Waals surface area contributed by atoms with E-state index in [0.29, 0.717) is 12.0 Å². The van der Waals surface area contributed by atoms with Gasteiger partial charge in [0.05, 0.1) is 0 Å². The van der Waals surface area contributed by atoms with Crippen LogP contribution in [0.2, 0.25) is 0 Å². The molecule has 1 aromatic rings. The molecule has 0 aliphatic carbocycles. The van der Waals surface area contributed by atoms with Crippen molar-refractivity contribution in [3.8, 4) is 0 Å². The third-order valence-corrected chi connectivity index (χ3v) is 2.08. The quantitative estimate of drug-likeness (QED) is 0.770. The lowest BCUT2D eigenvalue weighted by Gasteiger charge is -2.13. The second kappa shape index (κ2) is 4.79. The van der Waals surface area contributed by atoms with Crippen LogP contribution in [0.1, 0.15) is 26.0 Å². The van der Waals surface area contributed by atoms with Gasteiger partial charge in [-0.2, -0.15) is 4.98 Å². The standard InChI is InChI=1S/C10H18N4/c1-5-7(2)12-9-6-8(3)13-10(11-4)14-9/h6-7H,5H2,1-4H3,(H2,11,12,13,14). The molecule has 4 heteroatoms. The average molecular weight is 194 g/mol. The fraction of sp³-hybridized carbons (Fsp3) is 0.600. The molecule has 0 saturated heterocycles. The van der Waals surface area contributed by atoms with Crippen molar-refractivity contribution < 1.29 is 0 Å². The summed E-state index contributed by atoms with van der Waals surface area (Å²) in [4.78, 5) is 8.53. The Bertz CT molecular complexity index is 298. The topological polar surface area (TPSA) is 49.8 Å². The molecule has 1 atom stereocenters. The highest BCUT2D eigenvalue weighted by Gasteiger charge is 2.03. The minimum atomic E-state index is 0.439. The summed E-state index contributed by atoms with van der Waals surface area (Å²) < 4.78 is 0. The maximum Gasteiger partial charge on any atom is 0.224 e. The fourth-order valence-corrected chi connectivity index (χ4v) is 1.11. The number of aromatic nitrogens is 2. The minimum absolute atomic E-state index is 0.439. The van der Waals surface area contributed by atoms with Crippen molar-refractivity contribution in [2.45, 2.75) is 33.2 Å². The number of aryl methyl sites for hydroxylation is 1. The van der Waals surface area contributed by atoms with Gasteiger partial charge in [0.2, 0.25) is 5.95 Å². The number of anilines is 2. The first-order chi connectivity index (χ1) is 6.65. The summed E-state index contributed by atoms with van der Waals surface area (Å²) in [6.45, 7) is 6.24. The second-order valence-corrected chi connectivity index (χ2v) is 3.42. The van der Waals surface area contributed by atoms with Gasteiger partial charge in [0, 0.05) is 24.8 Å². The highest BCUT2D eigenvalue weighted by Crippen LogP contribution is 2.10. The molecule has 14 heavy (non-hydrogen) atoms. The predicted octanol–water partition coefficient (Wildman–Crippen LogP) is 2.04. The van der Waals surface area contributed by atoms with Crippen LogP contribution in [0.5, 0.6) is 0 Å². The number of nitrogens with zero attached hydrogens (tertiary/aromatic N) is 2. The Kier molecular flexibility index (Phi) is 3.68. The molecule has 0 saturated carbocycles. The maximum atomic E-state index is 4.31. The van der Waals surface area contributed by atoms with E-state index in [1.54, 1.807) is 0 Å². The summed E-state index contributed by atoms with van der Waals surface area (Å²) in [5, 5.41) is 6.25. The summed E-state index contributed by atoms with van der Waals surface area (Å²) in [6.07, 6.45) is 1.08. The van der Waals surface area contributed by atoms with Crippen LogP contribution in [0.25, 0.3) is 0 Å². The molecule has 1 heterocycles. The van der Waals surface area contributed by atoms with Crippen LogP contribution in [-0.2, 0) is 0 Å². The summed E-state index contributed by atoms with van der Waals surface area (Å²) >= 11 is 0. The lowest BCUT2D eigenvalue weighted by molar-refractivity contribution is 0.758. The Morgan fingerprint density at radius 2 is 2.14 bits per heavy atom. The molecule has 0 aromatic carbocycles. The highest BCUT2D eigenvalue weighted by atomic mass is 15.1. The molecule has 0 bridgehead atoms. The zero-order chi connectivity index (χ0) is 10.6. The van der Waals surface area contributed by atoms with Crippen molar-refractivity contribution in [2.75, 3.05) is 17.7 Å². The number of rotatable bonds is 4. The zero-order valence-electron chi connectivity index (χ0n) is 9.26. The molecule has 1 aromatic heterocycles. The first-order valence-electron chi connectivity index (χ1n) is 4.95. The van der Waals surface area contributed by atoms with Gasteiger partial charge >= 0.3 is 0 Å². The first-order valence-corrected chi connectivity index (χ1v) is 4.95. The van der Waals surface area contributed by atoms with Crippen molar-refractivity contribution in [2.24, 2.45) is 0 Å². The fourth-order valence-electron chi connectivity index (χ4n) is 1.11. The van der Waals surface area contributed by atoms with E-state index in [-0.39, 0.29) is 0 Å². The number of hydrogen-bond acceptors (Lipinski definition) is 4. The van der Waals surface area contributed by atoms with Gasteiger partial charge in [-0.25, -0.2) is 4.98 Å². The zero-order valence-corrected chi connectivity index (χ0v) is 9.26. The van der Waals surface area contributed by atoms with Crippen LogP contribution in [0.3, 0.4) is 0 Å². The molecule has 78 valence electrons. The molecule has 1 rings (SSSR count). The predicted molar refractivity (Wildman–Crippen MR) is 59.7 cm³/mol. The first kappa shape index (κ1) is 10.8. The van der Waals surface area contributed by atoms with Gasteiger partial charge in [0.1, 0.15) is 5.82 Å². The van der Waals surface area contributed by atoms with Crippen molar-refractivity contribution in [3.05, 3.63) is 11.8 Å². The summed E-state index contributed by atoms with van der Waals surface area (Å²) in [6, 6.07) is 2.39. The number of hydrogen-bond donors (Lipinski definition) is 2. The maximum absolute atomic E-state index is 4.31. The summed E-state index contributed by atoms with van der Waals surface area (Å²) in [7, 11) is 1.82. The third-order valence-electron chi connectivity index (χ3n) is 2.08. The molecule has 0 amide bonds. The monoisotopic (exact) mass is 194 g/mol. The van der Waals surface area contributed by atoms with Gasteiger partial charge in [0.25, 0.3) is 0 Å². The lowest BCUT2D eigenvalue weighted by Crippen LogP contribution is -2.15. The smallest absolute Gasteiger partial charge is 0.224 e. The Morgan fingerprint density at radius 3 is 2.71 bits per heavy atom. The van der Waals surface area contributed by atoms with E-state index in [1.807, 2.05) is 20.0 Å². The summed E-state index contributed by atoms with van der Waals surface area (Å²) in [5.41, 5.74) is 0.968. The van der Waals surface area contributed by atoms with Crippen LogP contribution in [0.15, 0.2) is 6.07 Å². The molecule has 1 unspecified atom stereocenters. The molecule has 0 radical (unpaired) electrons. The Hall–Kier alpha value is -1.32. The van der Waals surface area contributed by atoms with E-state index in [0.717, 1.165) is 17.9 Å². The van der Waals surface area contributed by atoms with Crippen LogP contribution in [0, 0.1) is 6.92 Å². The van der Waals surface area contributed by atoms with E-state index in [1.165, 1.54) is 0 Å². The molecular formula is C10H18N4. The molecule has 0 aliphatic heterocycles. The van der Waals surface area contributed by atoms with Crippen molar-refractivity contribution >= 4 is 11.8 Å². The van der Waals surface area contributed by atoms with Gasteiger partial charge in [-0.05, 0) is 20.3 Å². The van der Waals surface area contributed by atoms with Gasteiger partial charge < -0.3 is 10.6 Å². The van der Waals surface area contributed by atoms with Gasteiger partial charge in [0.15, 0.2) is 0 Å². The Labute approximate surface area is 85.2 Å². The molecule has 2 N–H and O–H groups in total. The Balaban J connectivity index is 2.81. The van der Waals surface area contributed by atoms with E-state index >= 15 is 0 Å². The van der Waals surface area contributed by atoms with Crippen molar-refractivity contribution in [3.63, 3.8) is 0 Å². The molecule has 4 nitrogen and oxygen atoms in total. The van der Waals surface area contributed by atoms with Crippen LogP contribution in [-0.4, -0.2) is 23.1 Å². The average Bonchev–Trinajstić information content (AvgIpc) is 2.16. The summed E-state index contributed by atoms with van der Waals surface area (Å²) in [5.74, 6) is 1.55. The van der Waals surface area contributed by atoms with Crippen LogP contribution < -0.4 is 10.6 Å². The molecular weight excluding hydrogens is 176 g/mol. The highest BCUT2D eigenvalue weighted by molar-refractivity contribution is 5.42.